The number of rotatable bonds is 11. The molecule has 4 heterocycles. The van der Waals surface area contributed by atoms with Crippen LogP contribution in [0, 0.1) is 0 Å². The summed E-state index contributed by atoms with van der Waals surface area (Å²) in [6.45, 7) is 2.96. The molecule has 2 aromatic heterocycles. The third-order valence-corrected chi connectivity index (χ3v) is 10.2. The van der Waals surface area contributed by atoms with E-state index in [0.717, 1.165) is 38.3 Å². The Hall–Kier alpha value is -5.88. The molecule has 2 amide bonds. The SMILES string of the molecule is C[n+]1cc2cc(O)c(O)cc2n1Cc1ccc(/C=C/C2=C(C(=O)O)N3C(=O)[C@@H](NC(=O)/C(=N\OC(C)(C)C(=O)O)c4csc(N)n4)[C@H]3SC2)cc1. The number of hydrogen-bond acceptors (Lipinski definition) is 12. The van der Waals surface area contributed by atoms with Crippen molar-refractivity contribution in [2.24, 2.45) is 12.2 Å². The highest BCUT2D eigenvalue weighted by molar-refractivity contribution is 8.00. The first-order chi connectivity index (χ1) is 24.1. The fourth-order valence-corrected chi connectivity index (χ4v) is 7.30. The first kappa shape index (κ1) is 35.0. The summed E-state index contributed by atoms with van der Waals surface area (Å²) in [4.78, 5) is 60.8. The number of carbonyl (C=O) groups excluding carboxylic acids is 2. The van der Waals surface area contributed by atoms with Gasteiger partial charge in [0, 0.05) is 17.2 Å². The number of oxime groups is 1. The molecule has 4 aromatic rings. The van der Waals surface area contributed by atoms with Gasteiger partial charge < -0.3 is 36.3 Å². The van der Waals surface area contributed by atoms with Gasteiger partial charge in [0.15, 0.2) is 29.4 Å². The smallest absolute Gasteiger partial charge is 0.352 e. The quantitative estimate of drug-likeness (QED) is 0.0427. The van der Waals surface area contributed by atoms with Gasteiger partial charge in [-0.15, -0.1) is 32.5 Å². The maximum atomic E-state index is 13.3. The largest absolute Gasteiger partial charge is 0.504 e. The number of thioether (sulfide) groups is 1. The fraction of sp³-hybridized carbons (Fsp3) is 0.242. The average molecular weight is 735 g/mol. The number of carboxylic acid groups (broad SMARTS) is 2. The van der Waals surface area contributed by atoms with Gasteiger partial charge in [-0.25, -0.2) is 14.6 Å². The number of allylic oxidation sites excluding steroid dienone is 1. The van der Waals surface area contributed by atoms with Crippen molar-refractivity contribution in [3.63, 3.8) is 0 Å². The number of phenolic OH excluding ortho intramolecular Hbond substituents is 2. The van der Waals surface area contributed by atoms with Gasteiger partial charge in [-0.3, -0.25) is 14.5 Å². The highest BCUT2D eigenvalue weighted by Gasteiger charge is 2.54. The fourth-order valence-electron chi connectivity index (χ4n) is 5.43. The van der Waals surface area contributed by atoms with Crippen LogP contribution >= 0.6 is 23.1 Å². The molecule has 2 aromatic carbocycles. The van der Waals surface area contributed by atoms with E-state index in [0.29, 0.717) is 12.1 Å². The van der Waals surface area contributed by atoms with Crippen LogP contribution < -0.4 is 15.7 Å². The molecule has 2 atom stereocenters. The summed E-state index contributed by atoms with van der Waals surface area (Å²) in [5.74, 6) is -4.34. The van der Waals surface area contributed by atoms with Crippen LogP contribution in [-0.2, 0) is 37.6 Å². The second kappa shape index (κ2) is 13.4. The summed E-state index contributed by atoms with van der Waals surface area (Å²) in [6, 6.07) is 9.49. The molecule has 0 bridgehead atoms. The molecule has 1 fully saturated rings. The first-order valence-electron chi connectivity index (χ1n) is 15.3. The lowest BCUT2D eigenvalue weighted by Gasteiger charge is -2.49. The molecule has 2 aliphatic heterocycles. The normalized spacial score (nSPS) is 17.8. The molecule has 6 rings (SSSR count). The van der Waals surface area contributed by atoms with Crippen LogP contribution in [0.2, 0.25) is 0 Å². The Balaban J connectivity index is 1.16. The second-order valence-corrected chi connectivity index (χ2v) is 14.2. The van der Waals surface area contributed by atoms with Crippen molar-refractivity contribution >= 4 is 74.7 Å². The van der Waals surface area contributed by atoms with Crippen molar-refractivity contribution in [2.75, 3.05) is 11.5 Å². The maximum Gasteiger partial charge on any atom is 0.352 e. The minimum absolute atomic E-state index is 0.0105. The molecule has 1 saturated heterocycles. The summed E-state index contributed by atoms with van der Waals surface area (Å²) < 4.78 is 3.80. The zero-order valence-electron chi connectivity index (χ0n) is 27.3. The summed E-state index contributed by atoms with van der Waals surface area (Å²) >= 11 is 2.29. The van der Waals surface area contributed by atoms with Crippen LogP contribution in [0.1, 0.15) is 30.7 Å². The van der Waals surface area contributed by atoms with Crippen LogP contribution in [0.15, 0.2) is 70.5 Å². The number of aromatic nitrogens is 3. The zero-order chi connectivity index (χ0) is 36.8. The number of benzene rings is 2. The molecule has 0 spiro atoms. The number of nitrogens with two attached hydrogens (primary N) is 1. The van der Waals surface area contributed by atoms with E-state index in [-0.39, 0.29) is 33.8 Å². The maximum absolute atomic E-state index is 13.3. The number of phenols is 2. The predicted octanol–water partition coefficient (Wildman–Crippen LogP) is 2.00. The number of anilines is 1. The van der Waals surface area contributed by atoms with Crippen LogP contribution in [-0.4, -0.2) is 87.2 Å². The molecule has 0 unspecified atom stereocenters. The van der Waals surface area contributed by atoms with E-state index in [1.807, 2.05) is 46.9 Å². The molecular weight excluding hydrogens is 703 g/mol. The van der Waals surface area contributed by atoms with E-state index < -0.39 is 46.5 Å². The minimum Gasteiger partial charge on any atom is -0.504 e. The number of carbonyl (C=O) groups is 4. The number of nitrogen functional groups attached to an aromatic ring is 1. The van der Waals surface area contributed by atoms with Crippen LogP contribution in [0.4, 0.5) is 5.13 Å². The number of amides is 2. The predicted molar refractivity (Wildman–Crippen MR) is 187 cm³/mol. The monoisotopic (exact) mass is 734 g/mol. The van der Waals surface area contributed by atoms with Crippen LogP contribution in [0.5, 0.6) is 11.5 Å². The summed E-state index contributed by atoms with van der Waals surface area (Å²) in [5, 5.41) is 47.2. The van der Waals surface area contributed by atoms with Crippen molar-refractivity contribution in [1.82, 2.24) is 19.9 Å². The van der Waals surface area contributed by atoms with Crippen LogP contribution in [0.25, 0.3) is 17.0 Å². The molecule has 7 N–H and O–H groups in total. The molecule has 51 heavy (non-hydrogen) atoms. The number of carboxylic acids is 2. The number of nitrogens with one attached hydrogen (secondary N) is 1. The molecule has 264 valence electrons. The van der Waals surface area contributed by atoms with Gasteiger partial charge in [-0.2, -0.15) is 0 Å². The lowest BCUT2D eigenvalue weighted by molar-refractivity contribution is -0.750. The summed E-state index contributed by atoms with van der Waals surface area (Å²) in [6.07, 6.45) is 5.24. The van der Waals surface area contributed by atoms with Crippen molar-refractivity contribution in [3.8, 4) is 11.5 Å². The van der Waals surface area contributed by atoms with Gasteiger partial charge in [0.1, 0.15) is 34.9 Å². The Labute approximate surface area is 297 Å². The molecule has 0 aliphatic carbocycles. The second-order valence-electron chi connectivity index (χ2n) is 12.2. The Bertz CT molecular complexity index is 2190. The molecule has 2 aliphatic rings. The average Bonchev–Trinajstić information content (AvgIpc) is 3.64. The molecule has 18 heteroatoms. The number of hydrogen-bond donors (Lipinski definition) is 6. The third-order valence-electron chi connectivity index (χ3n) is 8.24. The Morgan fingerprint density at radius 3 is 2.51 bits per heavy atom. The molecular formula is C33H32N7O9S2+. The lowest BCUT2D eigenvalue weighted by Crippen LogP contribution is -2.71. The van der Waals surface area contributed by atoms with E-state index in [9.17, 15) is 39.6 Å². The van der Waals surface area contributed by atoms with Gasteiger partial charge in [0.2, 0.25) is 11.8 Å². The first-order valence-corrected chi connectivity index (χ1v) is 17.2. The topological polar surface area (TPSA) is 234 Å². The number of thiazole rings is 1. The molecule has 16 nitrogen and oxygen atoms in total. The van der Waals surface area contributed by atoms with Gasteiger partial charge >= 0.3 is 11.9 Å². The Kier molecular flexibility index (Phi) is 9.22. The van der Waals surface area contributed by atoms with Gasteiger partial charge in [0.25, 0.3) is 11.8 Å². The number of β-lactam (4-membered cyclic amide) rings is 1. The molecule has 0 saturated carbocycles. The van der Waals surface area contributed by atoms with Crippen molar-refractivity contribution in [3.05, 3.63) is 82.1 Å². The standard InChI is InChI=1S/C33H31N7O9S2/c1-33(2,31(47)48)49-37-24(20-15-51-32(34)35-20)27(43)36-25-28(44)40-26(30(45)46)18(14-50-29(25)40)9-8-16-4-6-17(7-5-16)12-39-21-11-23(42)22(41)10-19(21)13-38(39)3/h4-11,13,15,25,29H,12,14H2,1-3H3,(H6,34,35,36,41,43,45,46,47,48)/p+1/b9-8+,37-24-/t25-,29-/m1/s1. The minimum atomic E-state index is -1.78. The van der Waals surface area contributed by atoms with Crippen LogP contribution in [0.3, 0.4) is 0 Å². The van der Waals surface area contributed by atoms with E-state index in [2.05, 4.69) is 15.5 Å². The highest BCUT2D eigenvalue weighted by Crippen LogP contribution is 2.41. The number of aliphatic carboxylic acids is 2. The molecule has 0 radical (unpaired) electrons. The number of aryl methyl sites for hydroxylation is 1. The van der Waals surface area contributed by atoms with Gasteiger partial charge in [-0.1, -0.05) is 41.6 Å². The van der Waals surface area contributed by atoms with E-state index in [1.165, 1.54) is 43.1 Å². The van der Waals surface area contributed by atoms with Crippen molar-refractivity contribution < 1.29 is 49.1 Å². The zero-order valence-corrected chi connectivity index (χ0v) is 28.9. The van der Waals surface area contributed by atoms with E-state index in [4.69, 9.17) is 10.6 Å². The van der Waals surface area contributed by atoms with E-state index in [1.54, 1.807) is 12.2 Å². The van der Waals surface area contributed by atoms with E-state index >= 15 is 0 Å². The number of fused-ring (bicyclic) bond motifs is 2. The Morgan fingerprint density at radius 2 is 1.86 bits per heavy atom. The van der Waals surface area contributed by atoms with Gasteiger partial charge in [-0.05, 0) is 36.6 Å². The number of aromatic hydroxyl groups is 2. The van der Waals surface area contributed by atoms with Crippen molar-refractivity contribution in [2.45, 2.75) is 37.4 Å². The van der Waals surface area contributed by atoms with Gasteiger partial charge in [0.05, 0.1) is 5.39 Å². The third kappa shape index (κ3) is 6.82. The lowest BCUT2D eigenvalue weighted by atomic mass is 10.0. The Morgan fingerprint density at radius 1 is 1.16 bits per heavy atom. The van der Waals surface area contributed by atoms with Crippen molar-refractivity contribution in [1.29, 1.82) is 0 Å². The summed E-state index contributed by atoms with van der Waals surface area (Å²) in [5.41, 5.74) is 6.24. The summed E-state index contributed by atoms with van der Waals surface area (Å²) in [7, 11) is 1.86. The highest BCUT2D eigenvalue weighted by atomic mass is 32.2. The number of nitrogens with zero attached hydrogens (tertiary/aromatic N) is 5.